The van der Waals surface area contributed by atoms with Gasteiger partial charge in [0.05, 0.1) is 17.8 Å². The van der Waals surface area contributed by atoms with Gasteiger partial charge in [-0.1, -0.05) is 11.6 Å². The van der Waals surface area contributed by atoms with Crippen molar-refractivity contribution in [3.05, 3.63) is 28.3 Å². The minimum Gasteiger partial charge on any atom is -0.462 e. The molecule has 2 heterocycles. The lowest BCUT2D eigenvalue weighted by Gasteiger charge is -2.49. The molecule has 29 heavy (non-hydrogen) atoms. The first-order chi connectivity index (χ1) is 13.8. The van der Waals surface area contributed by atoms with Gasteiger partial charge in [0, 0.05) is 43.6 Å². The predicted octanol–water partition coefficient (Wildman–Crippen LogP) is 3.78. The van der Waals surface area contributed by atoms with E-state index in [0.717, 1.165) is 44.3 Å². The van der Waals surface area contributed by atoms with Gasteiger partial charge in [-0.2, -0.15) is 0 Å². The van der Waals surface area contributed by atoms with E-state index in [4.69, 9.17) is 25.8 Å². The fraction of sp³-hybridized carbons (Fsp3) is 0.682. The number of piperidine rings is 1. The van der Waals surface area contributed by atoms with Crippen LogP contribution in [-0.2, 0) is 9.47 Å². The number of hydrogen-bond acceptors (Lipinski definition) is 5. The van der Waals surface area contributed by atoms with Crippen LogP contribution in [0.1, 0.15) is 61.6 Å². The van der Waals surface area contributed by atoms with E-state index < -0.39 is 5.79 Å². The molecule has 1 N–H and O–H groups in total. The molecular formula is C22H31ClN2O4. The number of likely N-dealkylation sites (tertiary alicyclic amines) is 1. The fourth-order valence-electron chi connectivity index (χ4n) is 5.07. The highest BCUT2D eigenvalue weighted by molar-refractivity contribution is 6.31. The summed E-state index contributed by atoms with van der Waals surface area (Å²) in [6, 6.07) is 4.13. The monoisotopic (exact) mass is 422 g/mol. The maximum absolute atomic E-state index is 12.3. The third kappa shape index (κ3) is 3.88. The number of benzene rings is 1. The maximum atomic E-state index is 12.3. The van der Waals surface area contributed by atoms with Gasteiger partial charge in [-0.25, -0.2) is 0 Å². The lowest BCUT2D eigenvalue weighted by molar-refractivity contribution is -0.251. The van der Waals surface area contributed by atoms with Crippen LogP contribution in [-0.4, -0.2) is 56.0 Å². The van der Waals surface area contributed by atoms with Crippen LogP contribution in [0.2, 0.25) is 5.02 Å². The largest absolute Gasteiger partial charge is 0.462 e. The molecule has 1 saturated carbocycles. The van der Waals surface area contributed by atoms with Gasteiger partial charge in [-0.05, 0) is 57.8 Å². The quantitative estimate of drug-likeness (QED) is 0.800. The standard InChI is InChI=1S/C22H31ClN2O4/c1-13-20-18(21(26)24-3)9-15(23)10-19(20)29-22(2,28-13)14-5-7-25(8-6-14)16-11-17(12-16)27-4/h9-10,13-14,16-17H,5-8,11-12H2,1-4H3,(H,24,26). The molecule has 1 saturated heterocycles. The summed E-state index contributed by atoms with van der Waals surface area (Å²) in [7, 11) is 3.41. The number of rotatable bonds is 4. The minimum atomic E-state index is -0.724. The van der Waals surface area contributed by atoms with E-state index in [-0.39, 0.29) is 17.9 Å². The average Bonchev–Trinajstić information content (AvgIpc) is 2.65. The van der Waals surface area contributed by atoms with Crippen LogP contribution in [0.3, 0.4) is 0 Å². The van der Waals surface area contributed by atoms with E-state index in [2.05, 4.69) is 10.2 Å². The summed E-state index contributed by atoms with van der Waals surface area (Å²) in [5.74, 6) is 0.0315. The van der Waals surface area contributed by atoms with Gasteiger partial charge < -0.3 is 24.4 Å². The Morgan fingerprint density at radius 1 is 1.31 bits per heavy atom. The van der Waals surface area contributed by atoms with E-state index in [9.17, 15) is 4.79 Å². The van der Waals surface area contributed by atoms with E-state index >= 15 is 0 Å². The molecule has 4 rings (SSSR count). The van der Waals surface area contributed by atoms with Crippen LogP contribution >= 0.6 is 11.6 Å². The molecule has 1 aromatic carbocycles. The molecule has 0 radical (unpaired) electrons. The van der Waals surface area contributed by atoms with Crippen molar-refractivity contribution < 1.29 is 19.0 Å². The zero-order valence-electron chi connectivity index (χ0n) is 17.7. The molecule has 6 nitrogen and oxygen atoms in total. The van der Waals surface area contributed by atoms with Gasteiger partial charge in [-0.15, -0.1) is 0 Å². The molecule has 1 aliphatic carbocycles. The summed E-state index contributed by atoms with van der Waals surface area (Å²) >= 11 is 6.29. The Balaban J connectivity index is 1.48. The van der Waals surface area contributed by atoms with Gasteiger partial charge in [0.15, 0.2) is 0 Å². The van der Waals surface area contributed by atoms with Crippen LogP contribution in [0.4, 0.5) is 0 Å². The highest BCUT2D eigenvalue weighted by Crippen LogP contribution is 2.47. The number of halogens is 1. The summed E-state index contributed by atoms with van der Waals surface area (Å²) < 4.78 is 18.2. The second-order valence-electron chi connectivity index (χ2n) is 8.62. The van der Waals surface area contributed by atoms with Crippen molar-refractivity contribution in [2.45, 2.75) is 63.6 Å². The first-order valence-electron chi connectivity index (χ1n) is 10.5. The highest BCUT2D eigenvalue weighted by Gasteiger charge is 2.46. The predicted molar refractivity (Wildman–Crippen MR) is 111 cm³/mol. The lowest BCUT2D eigenvalue weighted by Crippen LogP contribution is -2.55. The second-order valence-corrected chi connectivity index (χ2v) is 9.05. The Bertz CT molecular complexity index is 774. The van der Waals surface area contributed by atoms with Crippen LogP contribution in [0.25, 0.3) is 0 Å². The molecule has 1 aromatic rings. The van der Waals surface area contributed by atoms with Crippen LogP contribution < -0.4 is 10.1 Å². The molecule has 3 aliphatic rings. The van der Waals surface area contributed by atoms with Crippen LogP contribution in [0, 0.1) is 5.92 Å². The van der Waals surface area contributed by atoms with Crippen LogP contribution in [0.15, 0.2) is 12.1 Å². The van der Waals surface area contributed by atoms with E-state index in [1.54, 1.807) is 26.3 Å². The van der Waals surface area contributed by atoms with Crippen molar-refractivity contribution in [1.82, 2.24) is 10.2 Å². The number of carbonyl (C=O) groups excluding carboxylic acids is 1. The number of methoxy groups -OCH3 is 1. The summed E-state index contributed by atoms with van der Waals surface area (Å²) in [5, 5.41) is 3.17. The summed E-state index contributed by atoms with van der Waals surface area (Å²) in [4.78, 5) is 14.9. The molecule has 2 unspecified atom stereocenters. The Morgan fingerprint density at radius 2 is 2.00 bits per heavy atom. The third-order valence-corrected chi connectivity index (χ3v) is 7.12. The van der Waals surface area contributed by atoms with Gasteiger partial charge in [0.2, 0.25) is 5.79 Å². The molecule has 2 aliphatic heterocycles. The number of carbonyl (C=O) groups is 1. The average molecular weight is 423 g/mol. The topological polar surface area (TPSA) is 60.0 Å². The van der Waals surface area contributed by atoms with Crippen molar-refractivity contribution >= 4 is 17.5 Å². The van der Waals surface area contributed by atoms with Gasteiger partial charge >= 0.3 is 0 Å². The lowest BCUT2D eigenvalue weighted by atomic mass is 9.83. The maximum Gasteiger partial charge on any atom is 0.251 e. The number of hydrogen-bond donors (Lipinski definition) is 1. The fourth-order valence-corrected chi connectivity index (χ4v) is 5.28. The minimum absolute atomic E-state index is 0.186. The molecule has 1 amide bonds. The molecule has 2 fully saturated rings. The highest BCUT2D eigenvalue weighted by atomic mass is 35.5. The number of ether oxygens (including phenoxy) is 3. The Labute approximate surface area is 177 Å². The van der Waals surface area contributed by atoms with Gasteiger partial charge in [-0.3, -0.25) is 4.79 Å². The molecule has 0 aromatic heterocycles. The Morgan fingerprint density at radius 3 is 2.62 bits per heavy atom. The first kappa shape index (κ1) is 20.9. The summed E-state index contributed by atoms with van der Waals surface area (Å²) in [6.45, 7) is 6.11. The van der Waals surface area contributed by atoms with Crippen molar-refractivity contribution in [2.24, 2.45) is 5.92 Å². The van der Waals surface area contributed by atoms with E-state index in [1.807, 2.05) is 13.8 Å². The van der Waals surface area contributed by atoms with Crippen molar-refractivity contribution in [1.29, 1.82) is 0 Å². The normalized spacial score (nSPS) is 32.8. The molecule has 0 spiro atoms. The van der Waals surface area contributed by atoms with Crippen LogP contribution in [0.5, 0.6) is 5.75 Å². The number of nitrogens with zero attached hydrogens (tertiary/aromatic N) is 1. The Hall–Kier alpha value is -1.34. The summed E-state index contributed by atoms with van der Waals surface area (Å²) in [6.07, 6.45) is 4.50. The smallest absolute Gasteiger partial charge is 0.251 e. The Kier molecular flexibility index (Phi) is 5.81. The molecule has 7 heteroatoms. The number of amides is 1. The second kappa shape index (κ2) is 8.06. The van der Waals surface area contributed by atoms with E-state index in [1.165, 1.54) is 0 Å². The first-order valence-corrected chi connectivity index (χ1v) is 10.9. The molecular weight excluding hydrogens is 392 g/mol. The molecule has 2 atom stereocenters. The number of nitrogens with one attached hydrogen (secondary N) is 1. The zero-order chi connectivity index (χ0) is 20.8. The van der Waals surface area contributed by atoms with Gasteiger partial charge in [0.1, 0.15) is 5.75 Å². The summed E-state index contributed by atoms with van der Waals surface area (Å²) in [5.41, 5.74) is 1.28. The van der Waals surface area contributed by atoms with E-state index in [0.29, 0.717) is 28.5 Å². The molecule has 0 bridgehead atoms. The van der Waals surface area contributed by atoms with Crippen molar-refractivity contribution in [2.75, 3.05) is 27.2 Å². The SMILES string of the molecule is CNC(=O)c1cc(Cl)cc2c1C(C)OC(C)(C1CCN(C3CC(OC)C3)CC1)O2. The van der Waals surface area contributed by atoms with Gasteiger partial charge in [0.25, 0.3) is 5.91 Å². The number of fused-ring (bicyclic) bond motifs is 1. The molecule has 160 valence electrons. The van der Waals surface area contributed by atoms with Crippen molar-refractivity contribution in [3.63, 3.8) is 0 Å². The van der Waals surface area contributed by atoms with Crippen molar-refractivity contribution in [3.8, 4) is 5.75 Å². The zero-order valence-corrected chi connectivity index (χ0v) is 18.4. The third-order valence-electron chi connectivity index (χ3n) is 6.90.